The molecule has 0 unspecified atom stereocenters. The topological polar surface area (TPSA) is 70.1 Å². The van der Waals surface area contributed by atoms with Gasteiger partial charge in [0.2, 0.25) is 0 Å². The number of hydrogen-bond acceptors (Lipinski definition) is 4. The van der Waals surface area contributed by atoms with Gasteiger partial charge < -0.3 is 10.5 Å². The van der Waals surface area contributed by atoms with Crippen molar-refractivity contribution in [3.05, 3.63) is 11.3 Å². The summed E-state index contributed by atoms with van der Waals surface area (Å²) in [4.78, 5) is 11.4. The summed E-state index contributed by atoms with van der Waals surface area (Å²) in [5.74, 6) is -1.09. The zero-order valence-corrected chi connectivity index (χ0v) is 10.2. The molecule has 2 N–H and O–H groups in total. The molecule has 102 valence electrons. The summed E-state index contributed by atoms with van der Waals surface area (Å²) in [6.45, 7) is 3.39. The van der Waals surface area contributed by atoms with E-state index in [0.717, 1.165) is 7.11 Å². The van der Waals surface area contributed by atoms with E-state index in [2.05, 4.69) is 9.84 Å². The van der Waals surface area contributed by atoms with Gasteiger partial charge in [0.1, 0.15) is 5.82 Å². The Morgan fingerprint density at radius 1 is 1.50 bits per heavy atom. The number of nitrogens with two attached hydrogens (primary N) is 1. The summed E-state index contributed by atoms with van der Waals surface area (Å²) in [7, 11) is 1.07. The zero-order chi connectivity index (χ0) is 14.1. The second-order valence-electron chi connectivity index (χ2n) is 4.03. The fourth-order valence-electron chi connectivity index (χ4n) is 1.51. The minimum Gasteiger partial charge on any atom is -0.464 e. The molecule has 18 heavy (non-hydrogen) atoms. The lowest BCUT2D eigenvalue weighted by molar-refractivity contribution is -0.127. The van der Waals surface area contributed by atoms with Crippen molar-refractivity contribution in [3.8, 4) is 0 Å². The highest BCUT2D eigenvalue weighted by Gasteiger charge is 2.34. The van der Waals surface area contributed by atoms with Gasteiger partial charge in [-0.3, -0.25) is 0 Å². The molecule has 0 radical (unpaired) electrons. The standard InChI is InChI=1S/C10H14F3N3O2/c1-5(2)16-8(14)6(4-10(11,12)13)7(15-16)9(17)18-3/h5H,4,14H2,1-3H3. The molecular weight excluding hydrogens is 251 g/mol. The van der Waals surface area contributed by atoms with Crippen molar-refractivity contribution in [2.24, 2.45) is 0 Å². The summed E-state index contributed by atoms with van der Waals surface area (Å²) < 4.78 is 42.9. The number of esters is 1. The number of alkyl halides is 3. The highest BCUT2D eigenvalue weighted by Crippen LogP contribution is 2.29. The van der Waals surface area contributed by atoms with Crippen LogP contribution in [0.15, 0.2) is 0 Å². The maximum Gasteiger partial charge on any atom is 0.393 e. The van der Waals surface area contributed by atoms with E-state index in [4.69, 9.17) is 5.73 Å². The van der Waals surface area contributed by atoms with E-state index in [0.29, 0.717) is 0 Å². The van der Waals surface area contributed by atoms with E-state index in [-0.39, 0.29) is 23.1 Å². The Balaban J connectivity index is 3.31. The average molecular weight is 265 g/mol. The number of hydrogen-bond donors (Lipinski definition) is 1. The van der Waals surface area contributed by atoms with Gasteiger partial charge in [0.05, 0.1) is 13.5 Å². The molecule has 0 amide bonds. The number of halogens is 3. The van der Waals surface area contributed by atoms with E-state index in [9.17, 15) is 18.0 Å². The number of carbonyl (C=O) groups excluding carboxylic acids is 1. The lowest BCUT2D eigenvalue weighted by Crippen LogP contribution is -2.16. The number of methoxy groups -OCH3 is 1. The van der Waals surface area contributed by atoms with Gasteiger partial charge in [0.15, 0.2) is 5.69 Å². The third-order valence-electron chi connectivity index (χ3n) is 2.29. The lowest BCUT2D eigenvalue weighted by atomic mass is 10.1. The van der Waals surface area contributed by atoms with Crippen molar-refractivity contribution < 1.29 is 22.7 Å². The smallest absolute Gasteiger partial charge is 0.393 e. The van der Waals surface area contributed by atoms with Gasteiger partial charge in [-0.25, -0.2) is 9.48 Å². The Morgan fingerprint density at radius 2 is 2.06 bits per heavy atom. The minimum atomic E-state index is -4.47. The first kappa shape index (κ1) is 14.3. The largest absolute Gasteiger partial charge is 0.464 e. The molecule has 0 aliphatic heterocycles. The number of rotatable bonds is 3. The number of nitrogen functional groups attached to an aromatic ring is 1. The normalized spacial score (nSPS) is 11.9. The second kappa shape index (κ2) is 4.87. The van der Waals surface area contributed by atoms with Gasteiger partial charge in [-0.15, -0.1) is 0 Å². The molecule has 0 aliphatic carbocycles. The van der Waals surface area contributed by atoms with E-state index in [1.807, 2.05) is 0 Å². The SMILES string of the molecule is COC(=O)c1nn(C(C)C)c(N)c1CC(F)(F)F. The van der Waals surface area contributed by atoms with Gasteiger partial charge in [-0.1, -0.05) is 0 Å². The van der Waals surface area contributed by atoms with Crippen LogP contribution in [0.25, 0.3) is 0 Å². The van der Waals surface area contributed by atoms with Crippen LogP contribution in [0.5, 0.6) is 0 Å². The molecule has 1 rings (SSSR count). The quantitative estimate of drug-likeness (QED) is 0.848. The summed E-state index contributed by atoms with van der Waals surface area (Å²) in [6, 6.07) is -0.254. The number of anilines is 1. The Hall–Kier alpha value is -1.73. The van der Waals surface area contributed by atoms with Crippen molar-refractivity contribution in [2.75, 3.05) is 12.8 Å². The fraction of sp³-hybridized carbons (Fsp3) is 0.600. The Labute approximate surface area is 102 Å². The number of nitrogens with zero attached hydrogens (tertiary/aromatic N) is 2. The fourth-order valence-corrected chi connectivity index (χ4v) is 1.51. The second-order valence-corrected chi connectivity index (χ2v) is 4.03. The maximum absolute atomic E-state index is 12.4. The van der Waals surface area contributed by atoms with Crippen LogP contribution in [0.4, 0.5) is 19.0 Å². The van der Waals surface area contributed by atoms with Crippen LogP contribution >= 0.6 is 0 Å². The third kappa shape index (κ3) is 2.93. The molecule has 0 aliphatic rings. The molecule has 0 spiro atoms. The van der Waals surface area contributed by atoms with Crippen LogP contribution in [-0.2, 0) is 11.2 Å². The van der Waals surface area contributed by atoms with Crippen LogP contribution in [0.3, 0.4) is 0 Å². The molecule has 1 aromatic heterocycles. The van der Waals surface area contributed by atoms with Gasteiger partial charge in [0, 0.05) is 11.6 Å². The molecule has 0 aromatic carbocycles. The molecule has 0 bridgehead atoms. The zero-order valence-electron chi connectivity index (χ0n) is 10.2. The first-order valence-electron chi connectivity index (χ1n) is 5.19. The molecular formula is C10H14F3N3O2. The van der Waals surface area contributed by atoms with Crippen LogP contribution in [-0.4, -0.2) is 29.0 Å². The predicted molar refractivity (Wildman–Crippen MR) is 58.1 cm³/mol. The van der Waals surface area contributed by atoms with Gasteiger partial charge >= 0.3 is 12.1 Å². The monoisotopic (exact) mass is 265 g/mol. The van der Waals surface area contributed by atoms with Crippen LogP contribution in [0, 0.1) is 0 Å². The molecule has 0 atom stereocenters. The Kier molecular flexibility index (Phi) is 3.88. The highest BCUT2D eigenvalue weighted by atomic mass is 19.4. The van der Waals surface area contributed by atoms with Gasteiger partial charge in [-0.05, 0) is 13.8 Å². The first-order valence-corrected chi connectivity index (χ1v) is 5.19. The number of carbonyl (C=O) groups is 1. The first-order chi connectivity index (χ1) is 8.17. The molecule has 1 heterocycles. The van der Waals surface area contributed by atoms with Crippen LogP contribution in [0.2, 0.25) is 0 Å². The third-order valence-corrected chi connectivity index (χ3v) is 2.29. The lowest BCUT2D eigenvalue weighted by Gasteiger charge is -2.09. The Morgan fingerprint density at radius 3 is 2.44 bits per heavy atom. The summed E-state index contributed by atoms with van der Waals surface area (Å²) in [5, 5.41) is 3.78. The van der Waals surface area contributed by atoms with Crippen molar-refractivity contribution in [1.29, 1.82) is 0 Å². The minimum absolute atomic E-state index is 0.164. The highest BCUT2D eigenvalue weighted by molar-refractivity contribution is 5.90. The summed E-state index contributed by atoms with van der Waals surface area (Å²) >= 11 is 0. The predicted octanol–water partition coefficient (Wildman–Crippen LogP) is 1.94. The van der Waals surface area contributed by atoms with E-state index >= 15 is 0 Å². The molecule has 8 heteroatoms. The molecule has 0 saturated heterocycles. The van der Waals surface area contributed by atoms with Crippen LogP contribution < -0.4 is 5.73 Å². The number of ether oxygens (including phenoxy) is 1. The molecule has 0 saturated carbocycles. The van der Waals surface area contributed by atoms with Gasteiger partial charge in [-0.2, -0.15) is 18.3 Å². The van der Waals surface area contributed by atoms with Crippen molar-refractivity contribution in [2.45, 2.75) is 32.5 Å². The van der Waals surface area contributed by atoms with Gasteiger partial charge in [0.25, 0.3) is 0 Å². The van der Waals surface area contributed by atoms with Crippen LogP contribution in [0.1, 0.15) is 35.9 Å². The Bertz CT molecular complexity index is 452. The van der Waals surface area contributed by atoms with E-state index in [1.165, 1.54) is 4.68 Å². The van der Waals surface area contributed by atoms with E-state index < -0.39 is 18.6 Å². The summed E-state index contributed by atoms with van der Waals surface area (Å²) in [6.07, 6.45) is -5.78. The van der Waals surface area contributed by atoms with Crippen molar-refractivity contribution in [3.63, 3.8) is 0 Å². The van der Waals surface area contributed by atoms with Crippen molar-refractivity contribution in [1.82, 2.24) is 9.78 Å². The molecule has 0 fully saturated rings. The number of aromatic nitrogens is 2. The maximum atomic E-state index is 12.4. The van der Waals surface area contributed by atoms with E-state index in [1.54, 1.807) is 13.8 Å². The average Bonchev–Trinajstić information content (AvgIpc) is 2.54. The summed E-state index contributed by atoms with van der Waals surface area (Å²) in [5.41, 5.74) is 4.87. The van der Waals surface area contributed by atoms with Crippen molar-refractivity contribution >= 4 is 11.8 Å². The molecule has 1 aromatic rings. The molecule has 5 nitrogen and oxygen atoms in total.